The minimum Gasteiger partial charge on any atom is -0.343 e. The first-order valence-electron chi connectivity index (χ1n) is 8.82. The van der Waals surface area contributed by atoms with Crippen molar-refractivity contribution in [1.82, 2.24) is 9.62 Å². The molecule has 0 spiro atoms. The third-order valence-corrected chi connectivity index (χ3v) is 5.93. The van der Waals surface area contributed by atoms with Crippen molar-refractivity contribution in [2.75, 3.05) is 26.0 Å². The highest BCUT2D eigenvalue weighted by Gasteiger charge is 2.19. The molecule has 2 aromatic rings. The van der Waals surface area contributed by atoms with Gasteiger partial charge in [-0.1, -0.05) is 32.0 Å². The normalized spacial score (nSPS) is 11.5. The molecule has 0 fully saturated rings. The standard InChI is InChI=1S/C20H25N3O4S/c1-14(2)15-7-5-9-17(11-15)22-19(24)13-21-20(25)16-8-6-10-18(12-16)28(26,27)23(3)4/h5-12,14H,13H2,1-4H3,(H,21,25)(H,22,24). The maximum absolute atomic E-state index is 12.3. The fourth-order valence-electron chi connectivity index (χ4n) is 2.45. The van der Waals surface area contributed by atoms with Gasteiger partial charge in [0.2, 0.25) is 15.9 Å². The first-order chi connectivity index (χ1) is 13.1. The molecule has 150 valence electrons. The summed E-state index contributed by atoms with van der Waals surface area (Å²) in [7, 11) is -0.807. The van der Waals surface area contributed by atoms with E-state index < -0.39 is 15.9 Å². The second kappa shape index (κ2) is 8.99. The Morgan fingerprint density at radius 2 is 1.71 bits per heavy atom. The highest BCUT2D eigenvalue weighted by Crippen LogP contribution is 2.18. The summed E-state index contributed by atoms with van der Waals surface area (Å²) in [4.78, 5) is 24.4. The molecule has 0 atom stereocenters. The van der Waals surface area contributed by atoms with Gasteiger partial charge in [0.05, 0.1) is 11.4 Å². The minimum atomic E-state index is -3.64. The lowest BCUT2D eigenvalue weighted by molar-refractivity contribution is -0.115. The molecule has 2 rings (SSSR count). The summed E-state index contributed by atoms with van der Waals surface area (Å²) in [6, 6.07) is 13.2. The van der Waals surface area contributed by atoms with Crippen LogP contribution in [0.5, 0.6) is 0 Å². The first kappa shape index (κ1) is 21.6. The lowest BCUT2D eigenvalue weighted by Gasteiger charge is -2.12. The van der Waals surface area contributed by atoms with Crippen molar-refractivity contribution < 1.29 is 18.0 Å². The summed E-state index contributed by atoms with van der Waals surface area (Å²) in [5.74, 6) is -0.560. The number of hydrogen-bond donors (Lipinski definition) is 2. The van der Waals surface area contributed by atoms with Gasteiger partial charge in [0.25, 0.3) is 5.91 Å². The molecule has 28 heavy (non-hydrogen) atoms. The predicted octanol–water partition coefficient (Wildman–Crippen LogP) is 2.43. The van der Waals surface area contributed by atoms with E-state index in [2.05, 4.69) is 24.5 Å². The van der Waals surface area contributed by atoms with Crippen LogP contribution in [0.2, 0.25) is 0 Å². The Kier molecular flexibility index (Phi) is 6.93. The van der Waals surface area contributed by atoms with Crippen molar-refractivity contribution in [2.45, 2.75) is 24.7 Å². The molecule has 0 unspecified atom stereocenters. The summed E-state index contributed by atoms with van der Waals surface area (Å²) in [6.07, 6.45) is 0. The second-order valence-corrected chi connectivity index (χ2v) is 8.98. The van der Waals surface area contributed by atoms with Crippen molar-refractivity contribution >= 4 is 27.5 Å². The third-order valence-electron chi connectivity index (χ3n) is 4.12. The number of nitrogens with zero attached hydrogens (tertiary/aromatic N) is 1. The molecule has 8 heteroatoms. The van der Waals surface area contributed by atoms with Gasteiger partial charge in [-0.3, -0.25) is 9.59 Å². The predicted molar refractivity (Wildman–Crippen MR) is 109 cm³/mol. The number of sulfonamides is 1. The summed E-state index contributed by atoms with van der Waals surface area (Å²) >= 11 is 0. The van der Waals surface area contributed by atoms with Crippen molar-refractivity contribution in [3.05, 3.63) is 59.7 Å². The Hall–Kier alpha value is -2.71. The van der Waals surface area contributed by atoms with Crippen LogP contribution in [0.4, 0.5) is 5.69 Å². The number of rotatable bonds is 7. The Balaban J connectivity index is 2.00. The zero-order chi connectivity index (χ0) is 20.9. The van der Waals surface area contributed by atoms with Gasteiger partial charge in [-0.15, -0.1) is 0 Å². The van der Waals surface area contributed by atoms with E-state index in [-0.39, 0.29) is 22.9 Å². The van der Waals surface area contributed by atoms with E-state index in [1.54, 1.807) is 6.07 Å². The molecule has 0 aliphatic heterocycles. The number of carbonyl (C=O) groups excluding carboxylic acids is 2. The quantitative estimate of drug-likeness (QED) is 0.742. The van der Waals surface area contributed by atoms with Crippen LogP contribution in [0.1, 0.15) is 35.7 Å². The SMILES string of the molecule is CC(C)c1cccc(NC(=O)CNC(=O)c2cccc(S(=O)(=O)N(C)C)c2)c1. The number of amides is 2. The topological polar surface area (TPSA) is 95.6 Å². The van der Waals surface area contributed by atoms with Gasteiger partial charge in [0.1, 0.15) is 0 Å². The van der Waals surface area contributed by atoms with Crippen LogP contribution in [0.15, 0.2) is 53.4 Å². The summed E-state index contributed by atoms with van der Waals surface area (Å²) in [6.45, 7) is 3.90. The van der Waals surface area contributed by atoms with E-state index in [4.69, 9.17) is 0 Å². The van der Waals surface area contributed by atoms with Crippen LogP contribution in [0.3, 0.4) is 0 Å². The van der Waals surface area contributed by atoms with Crippen molar-refractivity contribution in [1.29, 1.82) is 0 Å². The molecule has 0 bridgehead atoms. The number of anilines is 1. The highest BCUT2D eigenvalue weighted by molar-refractivity contribution is 7.89. The van der Waals surface area contributed by atoms with Crippen molar-refractivity contribution in [3.8, 4) is 0 Å². The molecular weight excluding hydrogens is 378 g/mol. The summed E-state index contributed by atoms with van der Waals surface area (Å²) in [5, 5.41) is 5.24. The Morgan fingerprint density at radius 3 is 2.36 bits per heavy atom. The van der Waals surface area contributed by atoms with E-state index >= 15 is 0 Å². The highest BCUT2D eigenvalue weighted by atomic mass is 32.2. The van der Waals surface area contributed by atoms with Gasteiger partial charge in [-0.2, -0.15) is 0 Å². The van der Waals surface area contributed by atoms with Gasteiger partial charge in [-0.05, 0) is 41.8 Å². The second-order valence-electron chi connectivity index (χ2n) is 6.83. The van der Waals surface area contributed by atoms with Gasteiger partial charge in [0, 0.05) is 25.3 Å². The summed E-state index contributed by atoms with van der Waals surface area (Å²) < 4.78 is 25.4. The Morgan fingerprint density at radius 1 is 1.04 bits per heavy atom. The van der Waals surface area contributed by atoms with Gasteiger partial charge in [0.15, 0.2) is 0 Å². The monoisotopic (exact) mass is 403 g/mol. The Labute approximate surface area is 165 Å². The van der Waals surface area contributed by atoms with Crippen molar-refractivity contribution in [3.63, 3.8) is 0 Å². The zero-order valence-corrected chi connectivity index (χ0v) is 17.2. The van der Waals surface area contributed by atoms with Gasteiger partial charge in [-0.25, -0.2) is 12.7 Å². The number of hydrogen-bond acceptors (Lipinski definition) is 4. The average Bonchev–Trinajstić information content (AvgIpc) is 2.66. The molecule has 2 aromatic carbocycles. The smallest absolute Gasteiger partial charge is 0.251 e. The molecule has 0 aliphatic carbocycles. The lowest BCUT2D eigenvalue weighted by atomic mass is 10.0. The fraction of sp³-hybridized carbons (Fsp3) is 0.300. The van der Waals surface area contributed by atoms with Crippen molar-refractivity contribution in [2.24, 2.45) is 0 Å². The van der Waals surface area contributed by atoms with Crippen LogP contribution in [0.25, 0.3) is 0 Å². The summed E-state index contributed by atoms with van der Waals surface area (Å²) in [5.41, 5.74) is 1.92. The molecule has 0 saturated heterocycles. The van der Waals surface area contributed by atoms with Gasteiger partial charge >= 0.3 is 0 Å². The number of carbonyl (C=O) groups is 2. The first-order valence-corrected chi connectivity index (χ1v) is 10.3. The average molecular weight is 404 g/mol. The van der Waals surface area contributed by atoms with E-state index in [0.29, 0.717) is 11.6 Å². The van der Waals surface area contributed by atoms with Crippen LogP contribution >= 0.6 is 0 Å². The zero-order valence-electron chi connectivity index (χ0n) is 16.4. The lowest BCUT2D eigenvalue weighted by Crippen LogP contribution is -2.33. The van der Waals surface area contributed by atoms with E-state index in [1.807, 2.05) is 18.2 Å². The van der Waals surface area contributed by atoms with Crippen LogP contribution in [0, 0.1) is 0 Å². The van der Waals surface area contributed by atoms with E-state index in [9.17, 15) is 18.0 Å². The molecule has 0 heterocycles. The molecule has 7 nitrogen and oxygen atoms in total. The van der Waals surface area contributed by atoms with Crippen LogP contribution < -0.4 is 10.6 Å². The molecular formula is C20H25N3O4S. The van der Waals surface area contributed by atoms with Crippen LogP contribution in [-0.4, -0.2) is 45.2 Å². The largest absolute Gasteiger partial charge is 0.343 e. The Bertz CT molecular complexity index is 969. The number of benzene rings is 2. The molecule has 0 aromatic heterocycles. The maximum atomic E-state index is 12.3. The molecule has 0 radical (unpaired) electrons. The maximum Gasteiger partial charge on any atom is 0.251 e. The number of nitrogens with one attached hydrogen (secondary N) is 2. The molecule has 0 aliphatic rings. The van der Waals surface area contributed by atoms with E-state index in [0.717, 1.165) is 9.87 Å². The van der Waals surface area contributed by atoms with E-state index in [1.165, 1.54) is 38.4 Å². The fourth-order valence-corrected chi connectivity index (χ4v) is 3.40. The molecule has 2 N–H and O–H groups in total. The molecule has 2 amide bonds. The third kappa shape index (κ3) is 5.40. The van der Waals surface area contributed by atoms with Crippen LogP contribution in [-0.2, 0) is 14.8 Å². The molecule has 0 saturated carbocycles. The minimum absolute atomic E-state index is 0.0140. The van der Waals surface area contributed by atoms with Gasteiger partial charge < -0.3 is 10.6 Å².